The quantitative estimate of drug-likeness (QED) is 0.0309. The number of carbonyl (C=O) groups excluding carboxylic acids is 12. The third-order valence-electron chi connectivity index (χ3n) is 40.7. The molecule has 0 aromatic heterocycles. The van der Waals surface area contributed by atoms with Gasteiger partial charge in [-0.1, -0.05) is 0 Å². The van der Waals surface area contributed by atoms with Crippen LogP contribution in [0.1, 0.15) is 217 Å². The summed E-state index contributed by atoms with van der Waals surface area (Å²) in [6, 6.07) is 0. The van der Waals surface area contributed by atoms with E-state index in [9.17, 15) is 0 Å². The van der Waals surface area contributed by atoms with E-state index in [1.165, 1.54) is 0 Å². The van der Waals surface area contributed by atoms with E-state index in [-0.39, 0.29) is 79.3 Å². The molecule has 0 aliphatic heterocycles. The molecule has 30 aliphatic carbocycles. The first-order valence-electron chi connectivity index (χ1n) is 45.3. The van der Waals surface area contributed by atoms with Crippen LogP contribution in [0.3, 0.4) is 0 Å². The summed E-state index contributed by atoms with van der Waals surface area (Å²) in [5.41, 5.74) is -18.7. The van der Waals surface area contributed by atoms with Crippen LogP contribution in [0, 0.1) is 32.5 Å². The summed E-state index contributed by atoms with van der Waals surface area (Å²) >= 11 is 0. The van der Waals surface area contributed by atoms with Gasteiger partial charge in [-0.2, -0.15) is 0 Å². The molecule has 0 unspecified atom stereocenters. The van der Waals surface area contributed by atoms with Crippen LogP contribution in [0.25, 0.3) is 134 Å². The number of benzene rings is 8. The molecule has 30 aliphatic rings. The van der Waals surface area contributed by atoms with Crippen molar-refractivity contribution in [1.29, 1.82) is 0 Å². The lowest BCUT2D eigenvalue weighted by Crippen LogP contribution is -2.40. The highest BCUT2D eigenvalue weighted by Crippen LogP contribution is 3.16. The minimum Gasteiger partial charge on any atom is -0.465 e. The lowest BCUT2D eigenvalue weighted by Gasteiger charge is -2.37. The van der Waals surface area contributed by atoms with E-state index in [0.29, 0.717) is 267 Å². The largest absolute Gasteiger partial charge is 0.465 e. The Kier molecular flexibility index (Phi) is 7.93. The van der Waals surface area contributed by atoms with Crippen molar-refractivity contribution in [3.63, 3.8) is 0 Å². The van der Waals surface area contributed by atoms with Gasteiger partial charge in [0.15, 0.2) is 32.5 Å². The Balaban J connectivity index is 0.931. The van der Waals surface area contributed by atoms with Crippen molar-refractivity contribution in [2.75, 3.05) is 79.3 Å². The average Bonchev–Trinajstić information content (AvgIpc) is 1.30. The van der Waals surface area contributed by atoms with Gasteiger partial charge in [0, 0.05) is 0 Å². The highest BCUT2D eigenvalue weighted by molar-refractivity contribution is 6.47. The van der Waals surface area contributed by atoms with Crippen molar-refractivity contribution in [3.8, 4) is 134 Å². The van der Waals surface area contributed by atoms with E-state index in [0.717, 1.165) is 0 Å². The lowest BCUT2D eigenvalue weighted by molar-refractivity contribution is -0.167. The maximum Gasteiger partial charge on any atom is 0.326 e. The van der Waals surface area contributed by atoms with Gasteiger partial charge in [0.2, 0.25) is 0 Å². The van der Waals surface area contributed by atoms with Crippen LogP contribution >= 0.6 is 0 Å². The molecule has 0 amide bonds. The Bertz CT molecular complexity index is 6090. The van der Waals surface area contributed by atoms with E-state index >= 15 is 57.5 Å². The highest BCUT2D eigenvalue weighted by Gasteiger charge is 3.19. The Morgan fingerprint density at radius 1 is 0.127 bits per heavy atom. The second-order valence-electron chi connectivity index (χ2n) is 40.1. The average molecular weight is 1670 g/mol. The first-order valence-corrected chi connectivity index (χ1v) is 45.3. The molecule has 12 spiro atoms. The van der Waals surface area contributed by atoms with Crippen molar-refractivity contribution in [2.45, 2.75) is 148 Å². The Labute approximate surface area is 709 Å². The van der Waals surface area contributed by atoms with Crippen molar-refractivity contribution in [3.05, 3.63) is 134 Å². The molecule has 612 valence electrons. The van der Waals surface area contributed by atoms with E-state index < -0.39 is 169 Å². The third-order valence-corrected chi connectivity index (χ3v) is 40.7. The minimum absolute atomic E-state index is 0.256. The SMILES string of the molecule is CCOC(=O)C1(C(=O)OCC)C23c4c5c6c7c8c4-c4c2c2c9c%10c4C4%11c%12c-%10c%10c%13c%14c%12-c%12c(c-7c7c%15c%12C%14%12C(C(=O)OCC)(C(=O)OCC)C%12%14c%12c%16c%17c%18c(c%12-%15)C7%12C(C(=O)OCC)(C(=O)OCC)C6%12c6c-5c5c7c(c6-%18)C%176C(C(=O)OCC)(C(=O)OCC)C6%12c6c-7c(c-2c2c6-c6c%12c-%16c%14c-%13c6C%106C(C(=O)OCC)(C(=O)OCC)C926)C513)C84C%11(C(=O)OCC)C(=O)OCC. The molecule has 0 heterocycles. The zero-order chi connectivity index (χ0) is 84.6. The molecule has 8 aromatic carbocycles. The fourth-order valence-electron chi connectivity index (χ4n) is 41.9. The molecule has 6 saturated carbocycles. The van der Waals surface area contributed by atoms with Gasteiger partial charge in [0.05, 0.1) is 144 Å². The summed E-state index contributed by atoms with van der Waals surface area (Å²) in [6.45, 7) is 17.2. The molecule has 24 nitrogen and oxygen atoms in total. The van der Waals surface area contributed by atoms with Crippen LogP contribution in [-0.4, -0.2) is 151 Å². The lowest BCUT2D eigenvalue weighted by atomic mass is 9.63. The number of hydrogen-bond donors (Lipinski definition) is 0. The molecule has 126 heavy (non-hydrogen) atoms. The van der Waals surface area contributed by atoms with Crippen molar-refractivity contribution >= 4 is 71.6 Å². The standard InChI is InChI=1S/C102H60O24/c1-13-115-73(103)97(74(104)116-14-2)85-49-25-26-50-30-32-52(86(50,85)97)28-27-51(85)31-29(49)57-33-37-61-41-43-63-39-35(59(31)91(63)89(57,61)100(91,79(109)121-19-7)80(110)122-20-8)55(27)88-56(28)36-40-64-44-42-62-38-34(58(30)90(62)92(64,60(32)36)101(90,81(111)123-21-9)82(112)124-22-10)54(26)87(53(25)33)93(98(87,75(105)117-15-3)76(106)118-16-4)65(37)45-46(66(38)93)70(42)96-72(44)48-47(67(39)94(88,68(40)48)99(88,77(107)119-17-5)78(108)120-18-6)71(43)95(96,69(41)45)102(96,83(113)125-23-11)84(114)126-24-12/h13-24H2,1-12H3. The first kappa shape index (κ1) is 64.2. The molecule has 0 N–H and O–H groups in total. The Morgan fingerprint density at radius 2 is 0.183 bits per heavy atom. The Hall–Kier alpha value is -12.6. The summed E-state index contributed by atoms with van der Waals surface area (Å²) in [4.78, 5) is 220. The predicted molar refractivity (Wildman–Crippen MR) is 423 cm³/mol. The number of ether oxygens (including phenoxy) is 12. The summed E-state index contributed by atoms with van der Waals surface area (Å²) in [5, 5.41) is 0. The molecule has 6 fully saturated rings. The number of rotatable bonds is 24. The summed E-state index contributed by atoms with van der Waals surface area (Å²) in [6.07, 6.45) is 0. The van der Waals surface area contributed by atoms with Gasteiger partial charge >= 0.3 is 71.6 Å². The van der Waals surface area contributed by atoms with Crippen LogP contribution in [-0.2, 0) is 179 Å². The van der Waals surface area contributed by atoms with Gasteiger partial charge in [-0.3, -0.25) is 57.5 Å². The van der Waals surface area contributed by atoms with Crippen LogP contribution in [0.4, 0.5) is 0 Å². The maximum atomic E-state index is 18.3. The van der Waals surface area contributed by atoms with Gasteiger partial charge in [0.1, 0.15) is 0 Å². The maximum absolute atomic E-state index is 18.3. The fourth-order valence-corrected chi connectivity index (χ4v) is 41.9. The van der Waals surface area contributed by atoms with Crippen molar-refractivity contribution in [1.82, 2.24) is 0 Å². The molecule has 24 heteroatoms. The summed E-state index contributed by atoms with van der Waals surface area (Å²) in [5.74, 6) is -11.2. The second-order valence-corrected chi connectivity index (χ2v) is 40.1. The number of esters is 12. The molecule has 0 bridgehead atoms. The molecule has 38 rings (SSSR count). The normalized spacial score (nSPS) is 33.8. The van der Waals surface area contributed by atoms with E-state index in [4.69, 9.17) is 56.8 Å². The van der Waals surface area contributed by atoms with Gasteiger partial charge < -0.3 is 56.8 Å². The fraction of sp³-hybridized carbons (Fsp3) is 0.412. The third kappa shape index (κ3) is 3.43. The smallest absolute Gasteiger partial charge is 0.326 e. The predicted octanol–water partition coefficient (Wildman–Crippen LogP) is 9.29. The molecule has 0 radical (unpaired) electrons. The highest BCUT2D eigenvalue weighted by atomic mass is 16.6. The zero-order valence-corrected chi connectivity index (χ0v) is 69.3. The van der Waals surface area contributed by atoms with Gasteiger partial charge in [0.25, 0.3) is 0 Å². The summed E-state index contributed by atoms with van der Waals surface area (Å²) in [7, 11) is 0. The molecular weight excluding hydrogens is 1610 g/mol. The van der Waals surface area contributed by atoms with E-state index in [1.54, 1.807) is 83.1 Å². The van der Waals surface area contributed by atoms with Crippen LogP contribution in [0.2, 0.25) is 0 Å². The van der Waals surface area contributed by atoms with Crippen molar-refractivity contribution in [2.24, 2.45) is 32.5 Å². The van der Waals surface area contributed by atoms with Crippen LogP contribution < -0.4 is 0 Å². The minimum atomic E-state index is -2.58. The topological polar surface area (TPSA) is 316 Å². The van der Waals surface area contributed by atoms with Gasteiger partial charge in [-0.25, -0.2) is 0 Å². The van der Waals surface area contributed by atoms with Gasteiger partial charge in [-0.05, 0) is 350 Å². The second kappa shape index (κ2) is 15.6. The molecule has 8 aromatic rings. The van der Waals surface area contributed by atoms with E-state index in [2.05, 4.69) is 0 Å². The molecule has 0 atom stereocenters. The summed E-state index contributed by atoms with van der Waals surface area (Å²) < 4.78 is 83.1. The Morgan fingerprint density at radius 3 is 0.230 bits per heavy atom. The van der Waals surface area contributed by atoms with Crippen LogP contribution in [0.5, 0.6) is 0 Å². The van der Waals surface area contributed by atoms with E-state index in [1.807, 2.05) is 0 Å². The van der Waals surface area contributed by atoms with Crippen LogP contribution in [0.15, 0.2) is 0 Å². The first-order chi connectivity index (χ1) is 61.2. The monoisotopic (exact) mass is 1670 g/mol. The number of hydrogen-bond acceptors (Lipinski definition) is 24. The molecular formula is C102H60O24. The van der Waals surface area contributed by atoms with Gasteiger partial charge in [-0.15, -0.1) is 0 Å². The van der Waals surface area contributed by atoms with Crippen molar-refractivity contribution < 1.29 is 114 Å². The zero-order valence-electron chi connectivity index (χ0n) is 69.3. The number of carbonyl (C=O) groups is 12. The molecule has 0 saturated heterocycles.